The Hall–Kier alpha value is -3.87. The minimum atomic E-state index is -0.268. The number of aryl methyl sites for hydroxylation is 1. The van der Waals surface area contributed by atoms with Crippen molar-refractivity contribution in [1.82, 2.24) is 4.98 Å². The molecule has 29 heavy (non-hydrogen) atoms. The highest BCUT2D eigenvalue weighted by atomic mass is 16.5. The number of rotatable bonds is 7. The molecule has 7 heteroatoms. The zero-order valence-corrected chi connectivity index (χ0v) is 16.2. The first-order valence-electron chi connectivity index (χ1n) is 9.08. The van der Waals surface area contributed by atoms with Crippen molar-refractivity contribution in [2.24, 2.45) is 0 Å². The number of carbonyl (C=O) groups is 2. The third kappa shape index (κ3) is 6.35. The van der Waals surface area contributed by atoms with Gasteiger partial charge in [0.25, 0.3) is 5.91 Å². The summed E-state index contributed by atoms with van der Waals surface area (Å²) in [5, 5.41) is 8.62. The van der Waals surface area contributed by atoms with Crippen LogP contribution in [0.4, 0.5) is 22.9 Å². The molecule has 3 aromatic rings. The third-order valence-corrected chi connectivity index (χ3v) is 3.89. The molecule has 0 bridgehead atoms. The summed E-state index contributed by atoms with van der Waals surface area (Å²) >= 11 is 0. The van der Waals surface area contributed by atoms with E-state index in [1.807, 2.05) is 43.3 Å². The SMILES string of the molecule is CC(=O)Nc1cccc(Nc2ccc(NC(=O)COc3ccc(C)cc3)cn2)c1. The molecular formula is C22H22N4O3. The molecule has 0 radical (unpaired) electrons. The lowest BCUT2D eigenvalue weighted by molar-refractivity contribution is -0.118. The van der Waals surface area contributed by atoms with Crippen molar-refractivity contribution in [1.29, 1.82) is 0 Å². The minimum Gasteiger partial charge on any atom is -0.484 e. The maximum absolute atomic E-state index is 12.0. The Kier molecular flexibility index (Phi) is 6.42. The normalized spacial score (nSPS) is 10.1. The van der Waals surface area contributed by atoms with Crippen LogP contribution in [0.25, 0.3) is 0 Å². The first-order valence-corrected chi connectivity index (χ1v) is 9.08. The van der Waals surface area contributed by atoms with E-state index in [9.17, 15) is 9.59 Å². The van der Waals surface area contributed by atoms with E-state index in [2.05, 4.69) is 20.9 Å². The van der Waals surface area contributed by atoms with Gasteiger partial charge in [0.2, 0.25) is 5.91 Å². The van der Waals surface area contributed by atoms with Crippen molar-refractivity contribution in [2.75, 3.05) is 22.6 Å². The van der Waals surface area contributed by atoms with Crippen molar-refractivity contribution in [3.63, 3.8) is 0 Å². The van der Waals surface area contributed by atoms with Crippen LogP contribution in [0.2, 0.25) is 0 Å². The van der Waals surface area contributed by atoms with Crippen LogP contribution >= 0.6 is 0 Å². The number of carbonyl (C=O) groups excluding carboxylic acids is 2. The lowest BCUT2D eigenvalue weighted by Gasteiger charge is -2.10. The van der Waals surface area contributed by atoms with E-state index in [1.54, 1.807) is 30.5 Å². The predicted octanol–water partition coefficient (Wildman–Crippen LogP) is 4.11. The number of hydrogen-bond donors (Lipinski definition) is 3. The molecule has 1 heterocycles. The number of hydrogen-bond acceptors (Lipinski definition) is 5. The Morgan fingerprint density at radius 2 is 1.69 bits per heavy atom. The summed E-state index contributed by atoms with van der Waals surface area (Å²) in [6.07, 6.45) is 1.56. The molecule has 148 valence electrons. The maximum Gasteiger partial charge on any atom is 0.262 e. The van der Waals surface area contributed by atoms with Crippen molar-refractivity contribution in [2.45, 2.75) is 13.8 Å². The summed E-state index contributed by atoms with van der Waals surface area (Å²) in [6.45, 7) is 3.36. The summed E-state index contributed by atoms with van der Waals surface area (Å²) < 4.78 is 5.46. The fourth-order valence-electron chi connectivity index (χ4n) is 2.55. The van der Waals surface area contributed by atoms with Gasteiger partial charge in [-0.3, -0.25) is 9.59 Å². The van der Waals surface area contributed by atoms with E-state index >= 15 is 0 Å². The zero-order valence-electron chi connectivity index (χ0n) is 16.2. The molecule has 3 N–H and O–H groups in total. The van der Waals surface area contributed by atoms with E-state index in [1.165, 1.54) is 6.92 Å². The molecule has 0 aliphatic carbocycles. The molecule has 0 aliphatic heterocycles. The van der Waals surface area contributed by atoms with Crippen molar-refractivity contribution < 1.29 is 14.3 Å². The summed E-state index contributed by atoms with van der Waals surface area (Å²) in [7, 11) is 0. The number of benzene rings is 2. The molecule has 0 saturated carbocycles. The topological polar surface area (TPSA) is 92.4 Å². The molecule has 3 rings (SSSR count). The predicted molar refractivity (Wildman–Crippen MR) is 114 cm³/mol. The number of nitrogens with one attached hydrogen (secondary N) is 3. The van der Waals surface area contributed by atoms with Crippen molar-refractivity contribution in [3.8, 4) is 5.75 Å². The highest BCUT2D eigenvalue weighted by molar-refractivity contribution is 5.92. The van der Waals surface area contributed by atoms with Crippen LogP contribution in [0.3, 0.4) is 0 Å². The Balaban J connectivity index is 1.52. The summed E-state index contributed by atoms with van der Waals surface area (Å²) in [5.41, 5.74) is 3.18. The van der Waals surface area contributed by atoms with E-state index in [-0.39, 0.29) is 18.4 Å². The maximum atomic E-state index is 12.0. The zero-order chi connectivity index (χ0) is 20.6. The monoisotopic (exact) mass is 390 g/mol. The second-order valence-electron chi connectivity index (χ2n) is 6.47. The Morgan fingerprint density at radius 3 is 2.38 bits per heavy atom. The van der Waals surface area contributed by atoms with Gasteiger partial charge in [-0.05, 0) is 49.4 Å². The second kappa shape index (κ2) is 9.36. The van der Waals surface area contributed by atoms with E-state index < -0.39 is 0 Å². The van der Waals surface area contributed by atoms with Crippen LogP contribution in [0.5, 0.6) is 5.75 Å². The van der Waals surface area contributed by atoms with Crippen LogP contribution < -0.4 is 20.7 Å². The van der Waals surface area contributed by atoms with Crippen molar-refractivity contribution in [3.05, 3.63) is 72.4 Å². The smallest absolute Gasteiger partial charge is 0.262 e. The number of anilines is 4. The first kappa shape index (κ1) is 19.9. The van der Waals surface area contributed by atoms with Gasteiger partial charge in [0.05, 0.1) is 11.9 Å². The van der Waals surface area contributed by atoms with Gasteiger partial charge in [0.15, 0.2) is 6.61 Å². The van der Waals surface area contributed by atoms with E-state index in [0.717, 1.165) is 11.3 Å². The molecular weight excluding hydrogens is 368 g/mol. The van der Waals surface area contributed by atoms with Crippen LogP contribution in [0.1, 0.15) is 12.5 Å². The van der Waals surface area contributed by atoms with Crippen LogP contribution in [-0.4, -0.2) is 23.4 Å². The van der Waals surface area contributed by atoms with E-state index in [0.29, 0.717) is 22.9 Å². The molecule has 0 fully saturated rings. The van der Waals surface area contributed by atoms with Gasteiger partial charge in [0, 0.05) is 18.3 Å². The first-order chi connectivity index (χ1) is 14.0. The number of aromatic nitrogens is 1. The molecule has 0 spiro atoms. The molecule has 0 aliphatic rings. The molecule has 7 nitrogen and oxygen atoms in total. The highest BCUT2D eigenvalue weighted by Gasteiger charge is 2.05. The van der Waals surface area contributed by atoms with Crippen LogP contribution in [-0.2, 0) is 9.59 Å². The van der Waals surface area contributed by atoms with Crippen LogP contribution in [0, 0.1) is 6.92 Å². The summed E-state index contributed by atoms with van der Waals surface area (Å²) in [5.74, 6) is 0.853. The molecule has 0 saturated heterocycles. The Morgan fingerprint density at radius 1 is 0.931 bits per heavy atom. The Labute approximate surface area is 169 Å². The number of pyridine rings is 1. The van der Waals surface area contributed by atoms with Gasteiger partial charge in [0.1, 0.15) is 11.6 Å². The fraction of sp³-hybridized carbons (Fsp3) is 0.136. The molecule has 1 aromatic heterocycles. The fourth-order valence-corrected chi connectivity index (χ4v) is 2.55. The number of ether oxygens (including phenoxy) is 1. The average molecular weight is 390 g/mol. The molecule has 2 amide bonds. The lowest BCUT2D eigenvalue weighted by atomic mass is 10.2. The van der Waals surface area contributed by atoms with Gasteiger partial charge >= 0.3 is 0 Å². The largest absolute Gasteiger partial charge is 0.484 e. The summed E-state index contributed by atoms with van der Waals surface area (Å²) in [4.78, 5) is 27.5. The average Bonchev–Trinajstić information content (AvgIpc) is 2.69. The second-order valence-corrected chi connectivity index (χ2v) is 6.47. The van der Waals surface area contributed by atoms with E-state index in [4.69, 9.17) is 4.74 Å². The molecule has 0 atom stereocenters. The van der Waals surface area contributed by atoms with Gasteiger partial charge in [-0.15, -0.1) is 0 Å². The Bertz CT molecular complexity index is 986. The third-order valence-electron chi connectivity index (χ3n) is 3.89. The van der Waals surface area contributed by atoms with Gasteiger partial charge < -0.3 is 20.7 Å². The van der Waals surface area contributed by atoms with Gasteiger partial charge in [-0.25, -0.2) is 4.98 Å². The molecule has 2 aromatic carbocycles. The minimum absolute atomic E-state index is 0.0843. The highest BCUT2D eigenvalue weighted by Crippen LogP contribution is 2.20. The quantitative estimate of drug-likeness (QED) is 0.565. The number of nitrogens with zero attached hydrogens (tertiary/aromatic N) is 1. The van der Waals surface area contributed by atoms with Crippen molar-refractivity contribution >= 4 is 34.7 Å². The molecule has 0 unspecified atom stereocenters. The van der Waals surface area contributed by atoms with Crippen LogP contribution in [0.15, 0.2) is 66.9 Å². The summed E-state index contributed by atoms with van der Waals surface area (Å²) in [6, 6.07) is 18.3. The number of amides is 2. The standard InChI is InChI=1S/C22H22N4O3/c1-15-6-9-20(10-7-15)29-14-22(28)26-19-8-11-21(23-13-19)25-18-5-3-4-17(12-18)24-16(2)27/h3-13H,14H2,1-2H3,(H,23,25)(H,24,27)(H,26,28). The lowest BCUT2D eigenvalue weighted by Crippen LogP contribution is -2.20. The van der Waals surface area contributed by atoms with Gasteiger partial charge in [-0.2, -0.15) is 0 Å². The van der Waals surface area contributed by atoms with Gasteiger partial charge in [-0.1, -0.05) is 23.8 Å².